The summed E-state index contributed by atoms with van der Waals surface area (Å²) >= 11 is 0. The van der Waals surface area contributed by atoms with Gasteiger partial charge < -0.3 is 5.11 Å². The highest BCUT2D eigenvalue weighted by atomic mass is 32.2. The van der Waals surface area contributed by atoms with E-state index in [1.807, 2.05) is 4.72 Å². The molecule has 1 aromatic rings. The van der Waals surface area contributed by atoms with Crippen molar-refractivity contribution < 1.29 is 21.9 Å². The molecule has 7 nitrogen and oxygen atoms in total. The average molecular weight is 288 g/mol. The third-order valence-electron chi connectivity index (χ3n) is 2.03. The van der Waals surface area contributed by atoms with Crippen LogP contribution in [-0.2, 0) is 19.9 Å². The second-order valence-corrected chi connectivity index (χ2v) is 6.75. The number of aromatic hydroxyl groups is 1. The minimum atomic E-state index is -4.05. The Balaban J connectivity index is 2.36. The summed E-state index contributed by atoms with van der Waals surface area (Å²) in [6.07, 6.45) is 3.29. The Morgan fingerprint density at radius 1 is 1.33 bits per heavy atom. The molecule has 2 rings (SSSR count). The van der Waals surface area contributed by atoms with Gasteiger partial charge in [-0.3, -0.25) is 9.71 Å². The highest BCUT2D eigenvalue weighted by Gasteiger charge is 2.21. The fourth-order valence-electron chi connectivity index (χ4n) is 1.29. The van der Waals surface area contributed by atoms with Gasteiger partial charge in [0.25, 0.3) is 10.0 Å². The van der Waals surface area contributed by atoms with Crippen molar-refractivity contribution in [3.63, 3.8) is 0 Å². The zero-order chi connectivity index (χ0) is 13.4. The molecular formula is C9H8N2O5S2. The average Bonchev–Trinajstić information content (AvgIpc) is 2.57. The van der Waals surface area contributed by atoms with E-state index in [1.165, 1.54) is 6.20 Å². The lowest BCUT2D eigenvalue weighted by Gasteiger charge is -2.07. The first-order valence-electron chi connectivity index (χ1n) is 4.61. The lowest BCUT2D eigenvalue weighted by molar-refractivity contribution is 0.455. The number of nitrogens with zero attached hydrogens (tertiary/aromatic N) is 1. The molecule has 1 aliphatic rings. The van der Waals surface area contributed by atoms with E-state index in [1.54, 1.807) is 0 Å². The maximum atomic E-state index is 11.9. The zero-order valence-electron chi connectivity index (χ0n) is 8.81. The number of aromatic nitrogens is 1. The van der Waals surface area contributed by atoms with Crippen LogP contribution in [0.4, 0.5) is 0 Å². The topological polar surface area (TPSA) is 113 Å². The van der Waals surface area contributed by atoms with Gasteiger partial charge in [-0.2, -0.15) is 0 Å². The van der Waals surface area contributed by atoms with Crippen LogP contribution in [0, 0.1) is 0 Å². The highest BCUT2D eigenvalue weighted by molar-refractivity contribution is 7.97. The van der Waals surface area contributed by atoms with Crippen LogP contribution >= 0.6 is 0 Å². The van der Waals surface area contributed by atoms with E-state index >= 15 is 0 Å². The Kier molecular flexibility index (Phi) is 2.87. The zero-order valence-corrected chi connectivity index (χ0v) is 10.4. The highest BCUT2D eigenvalue weighted by Crippen LogP contribution is 2.21. The van der Waals surface area contributed by atoms with Gasteiger partial charge in [-0.05, 0) is 12.1 Å². The molecule has 0 unspecified atom stereocenters. The summed E-state index contributed by atoms with van der Waals surface area (Å²) in [6, 6.07) is 1.10. The molecule has 1 aromatic heterocycles. The first-order valence-corrected chi connectivity index (χ1v) is 7.70. The van der Waals surface area contributed by atoms with Gasteiger partial charge in [0, 0.05) is 11.6 Å². The first kappa shape index (κ1) is 12.6. The molecule has 0 amide bonds. The number of hydrogen-bond donors (Lipinski definition) is 2. The Bertz CT molecular complexity index is 747. The second kappa shape index (κ2) is 4.10. The van der Waals surface area contributed by atoms with Gasteiger partial charge in [0.1, 0.15) is 4.90 Å². The van der Waals surface area contributed by atoms with Gasteiger partial charge in [-0.25, -0.2) is 16.8 Å². The maximum Gasteiger partial charge on any atom is 0.265 e. The van der Waals surface area contributed by atoms with Crippen LogP contribution < -0.4 is 4.72 Å². The van der Waals surface area contributed by atoms with Crippen molar-refractivity contribution in [2.75, 3.05) is 0 Å². The Labute approximate surface area is 103 Å². The summed E-state index contributed by atoms with van der Waals surface area (Å²) in [5, 5.41) is 11.0. The first-order chi connectivity index (χ1) is 8.30. The molecule has 2 N–H and O–H groups in total. The second-order valence-electron chi connectivity index (χ2n) is 3.41. The Morgan fingerprint density at radius 2 is 2.06 bits per heavy atom. The molecule has 0 aromatic carbocycles. The molecule has 0 bridgehead atoms. The number of sulfone groups is 1. The van der Waals surface area contributed by atoms with Crippen LogP contribution in [0.2, 0.25) is 0 Å². The minimum Gasteiger partial charge on any atom is -0.505 e. The fraction of sp³-hybridized carbons (Fsp3) is 0. The SMILES string of the molecule is O=S1(=O)C=CC(NS(=O)(=O)c2ccncc2O)=C1. The van der Waals surface area contributed by atoms with Crippen LogP contribution in [-0.4, -0.2) is 26.9 Å². The molecule has 0 fully saturated rings. The summed E-state index contributed by atoms with van der Waals surface area (Å²) in [6.45, 7) is 0. The largest absolute Gasteiger partial charge is 0.505 e. The summed E-state index contributed by atoms with van der Waals surface area (Å²) in [5.41, 5.74) is -0.0915. The number of hydrogen-bond acceptors (Lipinski definition) is 6. The van der Waals surface area contributed by atoms with E-state index in [9.17, 15) is 21.9 Å². The molecule has 1 aliphatic heterocycles. The lowest BCUT2D eigenvalue weighted by Crippen LogP contribution is -2.22. The lowest BCUT2D eigenvalue weighted by atomic mass is 10.5. The molecular weight excluding hydrogens is 280 g/mol. The van der Waals surface area contributed by atoms with E-state index in [4.69, 9.17) is 0 Å². The van der Waals surface area contributed by atoms with Crippen molar-refractivity contribution in [2.45, 2.75) is 4.90 Å². The van der Waals surface area contributed by atoms with Crippen LogP contribution in [0.5, 0.6) is 5.75 Å². The molecule has 18 heavy (non-hydrogen) atoms. The predicted molar refractivity (Wildman–Crippen MR) is 62.4 cm³/mol. The van der Waals surface area contributed by atoms with Gasteiger partial charge in [0.15, 0.2) is 15.6 Å². The Morgan fingerprint density at radius 3 is 2.61 bits per heavy atom. The number of nitrogens with one attached hydrogen (secondary N) is 1. The van der Waals surface area contributed by atoms with Crippen molar-refractivity contribution in [1.82, 2.24) is 9.71 Å². The summed E-state index contributed by atoms with van der Waals surface area (Å²) < 4.78 is 47.9. The summed E-state index contributed by atoms with van der Waals surface area (Å²) in [4.78, 5) is 3.17. The fourth-order valence-corrected chi connectivity index (χ4v) is 3.39. The van der Waals surface area contributed by atoms with Crippen LogP contribution in [0.25, 0.3) is 0 Å². The van der Waals surface area contributed by atoms with E-state index < -0.39 is 25.6 Å². The third-order valence-corrected chi connectivity index (χ3v) is 4.56. The van der Waals surface area contributed by atoms with Gasteiger partial charge in [-0.15, -0.1) is 0 Å². The van der Waals surface area contributed by atoms with Crippen molar-refractivity contribution in [3.05, 3.63) is 41.0 Å². The van der Waals surface area contributed by atoms with E-state index in [0.717, 1.165) is 29.2 Å². The van der Waals surface area contributed by atoms with Crippen LogP contribution in [0.1, 0.15) is 0 Å². The standard InChI is InChI=1S/C9H8N2O5S2/c12-8-5-10-3-1-9(8)18(15,16)11-7-2-4-17(13,14)6-7/h1-6,11-12H. The van der Waals surface area contributed by atoms with Crippen molar-refractivity contribution >= 4 is 19.9 Å². The predicted octanol–water partition coefficient (Wildman–Crippen LogP) is -0.151. The van der Waals surface area contributed by atoms with E-state index in [-0.39, 0.29) is 10.6 Å². The van der Waals surface area contributed by atoms with Gasteiger partial charge in [0.2, 0.25) is 0 Å². The molecule has 0 atom stereocenters. The smallest absolute Gasteiger partial charge is 0.265 e. The summed E-state index contributed by atoms with van der Waals surface area (Å²) in [7, 11) is -7.55. The quantitative estimate of drug-likeness (QED) is 0.799. The van der Waals surface area contributed by atoms with E-state index in [2.05, 4.69) is 4.98 Å². The van der Waals surface area contributed by atoms with Crippen molar-refractivity contribution in [3.8, 4) is 5.75 Å². The molecule has 0 aliphatic carbocycles. The molecule has 9 heteroatoms. The van der Waals surface area contributed by atoms with Gasteiger partial charge >= 0.3 is 0 Å². The van der Waals surface area contributed by atoms with Crippen molar-refractivity contribution in [1.29, 1.82) is 0 Å². The summed E-state index contributed by atoms with van der Waals surface area (Å²) in [5.74, 6) is -0.518. The van der Waals surface area contributed by atoms with Crippen LogP contribution in [0.3, 0.4) is 0 Å². The number of allylic oxidation sites excluding steroid dienone is 1. The molecule has 96 valence electrons. The number of sulfonamides is 1. The monoisotopic (exact) mass is 288 g/mol. The molecule has 2 heterocycles. The van der Waals surface area contributed by atoms with E-state index in [0.29, 0.717) is 0 Å². The molecule has 0 spiro atoms. The van der Waals surface area contributed by atoms with Gasteiger partial charge in [0.05, 0.1) is 17.3 Å². The van der Waals surface area contributed by atoms with Crippen molar-refractivity contribution in [2.24, 2.45) is 0 Å². The molecule has 0 radical (unpaired) electrons. The van der Waals surface area contributed by atoms with Gasteiger partial charge in [-0.1, -0.05) is 0 Å². The maximum absolute atomic E-state index is 11.9. The number of pyridine rings is 1. The number of rotatable bonds is 3. The minimum absolute atomic E-state index is 0.0915. The normalized spacial score (nSPS) is 17.4. The molecule has 0 saturated heterocycles. The Hall–Kier alpha value is -1.87. The molecule has 0 saturated carbocycles. The van der Waals surface area contributed by atoms with Crippen LogP contribution in [0.15, 0.2) is 45.9 Å². The third kappa shape index (κ3) is 2.51.